The Bertz CT molecular complexity index is 678. The number of rotatable bonds is 6. The lowest BCUT2D eigenvalue weighted by Gasteiger charge is -2.31. The number of benzene rings is 1. The summed E-state index contributed by atoms with van der Waals surface area (Å²) in [4.78, 5) is 12.6. The Morgan fingerprint density at radius 1 is 1.46 bits per heavy atom. The van der Waals surface area contributed by atoms with E-state index < -0.39 is 10.0 Å². The number of halogens is 1. The van der Waals surface area contributed by atoms with Gasteiger partial charge in [0.2, 0.25) is 15.9 Å². The summed E-state index contributed by atoms with van der Waals surface area (Å²) in [7, 11) is -3.24. The third-order valence-electron chi connectivity index (χ3n) is 4.32. The van der Waals surface area contributed by atoms with Gasteiger partial charge in [0.25, 0.3) is 0 Å². The summed E-state index contributed by atoms with van der Waals surface area (Å²) >= 11 is 3.43. The zero-order valence-electron chi connectivity index (χ0n) is 14.2. The average Bonchev–Trinajstić information content (AvgIpc) is 2.55. The van der Waals surface area contributed by atoms with Crippen molar-refractivity contribution in [2.75, 3.05) is 18.8 Å². The van der Waals surface area contributed by atoms with E-state index in [2.05, 4.69) is 21.2 Å². The van der Waals surface area contributed by atoms with Crippen molar-refractivity contribution in [3.05, 3.63) is 34.3 Å². The smallest absolute Gasteiger partial charge is 0.224 e. The van der Waals surface area contributed by atoms with Crippen molar-refractivity contribution in [3.8, 4) is 0 Å². The SMILES string of the molecule is CCCS(=O)(=O)N1CCC[C@H](C(=O)N[C@H](C)c2cccc(Br)c2)C1. The van der Waals surface area contributed by atoms with E-state index >= 15 is 0 Å². The molecule has 134 valence electrons. The highest BCUT2D eigenvalue weighted by molar-refractivity contribution is 9.10. The van der Waals surface area contributed by atoms with Gasteiger partial charge in [-0.15, -0.1) is 0 Å². The van der Waals surface area contributed by atoms with Gasteiger partial charge in [0.1, 0.15) is 0 Å². The average molecular weight is 417 g/mol. The molecule has 1 N–H and O–H groups in total. The molecule has 0 aromatic heterocycles. The third kappa shape index (κ3) is 5.04. The molecule has 1 aliphatic rings. The van der Waals surface area contributed by atoms with Crippen molar-refractivity contribution >= 4 is 31.9 Å². The first kappa shape index (κ1) is 19.4. The van der Waals surface area contributed by atoms with E-state index in [1.54, 1.807) is 0 Å². The number of hydrogen-bond acceptors (Lipinski definition) is 3. The predicted molar refractivity (Wildman–Crippen MR) is 99.1 cm³/mol. The van der Waals surface area contributed by atoms with Gasteiger partial charge in [-0.1, -0.05) is 35.0 Å². The molecular formula is C17H25BrN2O3S. The first-order valence-electron chi connectivity index (χ1n) is 8.37. The molecule has 1 aromatic rings. The van der Waals surface area contributed by atoms with E-state index in [9.17, 15) is 13.2 Å². The van der Waals surface area contributed by atoms with Crippen molar-refractivity contribution < 1.29 is 13.2 Å². The number of nitrogens with zero attached hydrogens (tertiary/aromatic N) is 1. The summed E-state index contributed by atoms with van der Waals surface area (Å²) in [6.45, 7) is 4.60. The summed E-state index contributed by atoms with van der Waals surface area (Å²) in [6, 6.07) is 7.70. The Morgan fingerprint density at radius 2 is 2.21 bits per heavy atom. The van der Waals surface area contributed by atoms with Crippen LogP contribution in [0.25, 0.3) is 0 Å². The number of carbonyl (C=O) groups excluding carboxylic acids is 1. The van der Waals surface area contributed by atoms with E-state index in [0.717, 1.165) is 22.9 Å². The van der Waals surface area contributed by atoms with Gasteiger partial charge in [0.05, 0.1) is 17.7 Å². The summed E-state index contributed by atoms with van der Waals surface area (Å²) in [6.07, 6.45) is 2.05. The molecule has 1 aromatic carbocycles. The first-order chi connectivity index (χ1) is 11.3. The summed E-state index contributed by atoms with van der Waals surface area (Å²) < 4.78 is 26.9. The van der Waals surface area contributed by atoms with Crippen LogP contribution in [0.3, 0.4) is 0 Å². The molecule has 2 atom stereocenters. The Labute approximate surface area is 153 Å². The molecule has 0 bridgehead atoms. The van der Waals surface area contributed by atoms with Gasteiger partial charge in [-0.2, -0.15) is 0 Å². The molecule has 0 radical (unpaired) electrons. The van der Waals surface area contributed by atoms with Crippen molar-refractivity contribution in [1.82, 2.24) is 9.62 Å². The Morgan fingerprint density at radius 3 is 2.88 bits per heavy atom. The fraction of sp³-hybridized carbons (Fsp3) is 0.588. The van der Waals surface area contributed by atoms with Crippen LogP contribution in [0.2, 0.25) is 0 Å². The maximum Gasteiger partial charge on any atom is 0.224 e. The zero-order chi connectivity index (χ0) is 17.7. The number of carbonyl (C=O) groups is 1. The minimum Gasteiger partial charge on any atom is -0.349 e. The van der Waals surface area contributed by atoms with Crippen LogP contribution in [0.15, 0.2) is 28.7 Å². The van der Waals surface area contributed by atoms with Crippen LogP contribution in [-0.4, -0.2) is 37.5 Å². The van der Waals surface area contributed by atoms with Crippen molar-refractivity contribution in [2.45, 2.75) is 39.2 Å². The van der Waals surface area contributed by atoms with Crippen LogP contribution in [0, 0.1) is 5.92 Å². The molecule has 1 aliphatic heterocycles. The number of hydrogen-bond donors (Lipinski definition) is 1. The second kappa shape index (κ2) is 8.45. The van der Waals surface area contributed by atoms with Crippen LogP contribution in [0.1, 0.15) is 44.7 Å². The second-order valence-corrected chi connectivity index (χ2v) is 9.30. The predicted octanol–water partition coefficient (Wildman–Crippen LogP) is 3.08. The maximum absolute atomic E-state index is 12.6. The number of sulfonamides is 1. The molecule has 0 aliphatic carbocycles. The molecule has 1 amide bonds. The highest BCUT2D eigenvalue weighted by Crippen LogP contribution is 2.22. The summed E-state index contributed by atoms with van der Waals surface area (Å²) in [5.41, 5.74) is 1.02. The van der Waals surface area contributed by atoms with E-state index in [-0.39, 0.29) is 23.6 Å². The Balaban J connectivity index is 1.99. The normalized spacial score (nSPS) is 20.5. The van der Waals surface area contributed by atoms with Gasteiger partial charge < -0.3 is 5.32 Å². The van der Waals surface area contributed by atoms with Crippen LogP contribution in [0.5, 0.6) is 0 Å². The molecule has 0 spiro atoms. The van der Waals surface area contributed by atoms with E-state index in [1.807, 2.05) is 38.1 Å². The highest BCUT2D eigenvalue weighted by Gasteiger charge is 2.32. The van der Waals surface area contributed by atoms with E-state index in [4.69, 9.17) is 0 Å². The molecular weight excluding hydrogens is 392 g/mol. The molecule has 1 fully saturated rings. The van der Waals surface area contributed by atoms with Crippen LogP contribution in [-0.2, 0) is 14.8 Å². The molecule has 5 nitrogen and oxygen atoms in total. The molecule has 2 rings (SSSR count). The largest absolute Gasteiger partial charge is 0.349 e. The minimum atomic E-state index is -3.24. The molecule has 1 heterocycles. The topological polar surface area (TPSA) is 66.5 Å². The summed E-state index contributed by atoms with van der Waals surface area (Å²) in [5.74, 6) is -0.200. The highest BCUT2D eigenvalue weighted by atomic mass is 79.9. The number of amides is 1. The van der Waals surface area contributed by atoms with Gasteiger partial charge in [-0.25, -0.2) is 12.7 Å². The molecule has 24 heavy (non-hydrogen) atoms. The maximum atomic E-state index is 12.6. The molecule has 7 heteroatoms. The fourth-order valence-corrected chi connectivity index (χ4v) is 4.99. The Kier molecular flexibility index (Phi) is 6.83. The standard InChI is InChI=1S/C17H25BrN2O3S/c1-3-10-24(22,23)20-9-5-7-15(12-20)17(21)19-13(2)14-6-4-8-16(18)11-14/h4,6,8,11,13,15H,3,5,7,9-10,12H2,1-2H3,(H,19,21)/t13-,15+/m1/s1. The van der Waals surface area contributed by atoms with Crippen molar-refractivity contribution in [3.63, 3.8) is 0 Å². The zero-order valence-corrected chi connectivity index (χ0v) is 16.6. The van der Waals surface area contributed by atoms with Crippen LogP contribution in [0.4, 0.5) is 0 Å². The van der Waals surface area contributed by atoms with Gasteiger partial charge in [0, 0.05) is 17.6 Å². The van der Waals surface area contributed by atoms with Gasteiger partial charge >= 0.3 is 0 Å². The quantitative estimate of drug-likeness (QED) is 0.774. The van der Waals surface area contributed by atoms with Gasteiger partial charge in [0.15, 0.2) is 0 Å². The second-order valence-electron chi connectivity index (χ2n) is 6.30. The monoisotopic (exact) mass is 416 g/mol. The number of piperidine rings is 1. The lowest BCUT2D eigenvalue weighted by molar-refractivity contribution is -0.126. The first-order valence-corrected chi connectivity index (χ1v) is 10.8. The van der Waals surface area contributed by atoms with Gasteiger partial charge in [-0.05, 0) is 43.9 Å². The fourth-order valence-electron chi connectivity index (χ4n) is 2.99. The van der Waals surface area contributed by atoms with E-state index in [1.165, 1.54) is 4.31 Å². The lowest BCUT2D eigenvalue weighted by atomic mass is 9.98. The van der Waals surface area contributed by atoms with Crippen molar-refractivity contribution in [1.29, 1.82) is 0 Å². The lowest BCUT2D eigenvalue weighted by Crippen LogP contribution is -2.46. The van der Waals surface area contributed by atoms with E-state index in [0.29, 0.717) is 19.5 Å². The van der Waals surface area contributed by atoms with Gasteiger partial charge in [-0.3, -0.25) is 4.79 Å². The van der Waals surface area contributed by atoms with Crippen molar-refractivity contribution in [2.24, 2.45) is 5.92 Å². The van der Waals surface area contributed by atoms with Crippen LogP contribution >= 0.6 is 15.9 Å². The summed E-state index contributed by atoms with van der Waals surface area (Å²) in [5, 5.41) is 3.02. The van der Waals surface area contributed by atoms with Crippen LogP contribution < -0.4 is 5.32 Å². The Hall–Kier alpha value is -0.920. The third-order valence-corrected chi connectivity index (χ3v) is 6.85. The number of nitrogens with one attached hydrogen (secondary N) is 1. The molecule has 0 unspecified atom stereocenters. The minimum absolute atomic E-state index is 0.0705. The molecule has 0 saturated carbocycles. The molecule has 1 saturated heterocycles.